The maximum Gasteiger partial charge on any atom is 0.330 e. The van der Waals surface area contributed by atoms with Crippen LogP contribution in [0.2, 0.25) is 0 Å². The number of rotatable bonds is 8. The largest absolute Gasteiger partial charge is 0.502 e. The van der Waals surface area contributed by atoms with Crippen molar-refractivity contribution < 1.29 is 24.1 Å². The fourth-order valence-corrected chi connectivity index (χ4v) is 1.79. The average molecular weight is 314 g/mol. The molecule has 2 rings (SSSR count). The first-order valence-electron chi connectivity index (χ1n) is 7.17. The average Bonchev–Trinajstić information content (AvgIpc) is 2.58. The number of hydrogen-bond donors (Lipinski definition) is 1. The molecule has 0 amide bonds. The topological polar surface area (TPSA) is 65.0 Å². The summed E-state index contributed by atoms with van der Waals surface area (Å²) in [7, 11) is 0. The van der Waals surface area contributed by atoms with Crippen molar-refractivity contribution >= 4 is 5.97 Å². The summed E-state index contributed by atoms with van der Waals surface area (Å²) < 4.78 is 15.9. The van der Waals surface area contributed by atoms with E-state index in [1.54, 1.807) is 30.3 Å². The standard InChI is InChI=1S/C18H18O5/c1-2-17(19)22-13-7-12-21-15-10-6-11-16(18(15)20)23-14-8-4-3-5-9-14/h2-6,8-11,20H,1,7,12-13H2. The van der Waals surface area contributed by atoms with Crippen LogP contribution in [0.1, 0.15) is 6.42 Å². The maximum absolute atomic E-state index is 10.9. The van der Waals surface area contributed by atoms with E-state index in [9.17, 15) is 9.90 Å². The van der Waals surface area contributed by atoms with Gasteiger partial charge in [0.1, 0.15) is 5.75 Å². The third kappa shape index (κ3) is 5.07. The smallest absolute Gasteiger partial charge is 0.330 e. The minimum Gasteiger partial charge on any atom is -0.502 e. The van der Waals surface area contributed by atoms with Crippen LogP contribution in [0.25, 0.3) is 0 Å². The Labute approximate surface area is 134 Å². The Kier molecular flexibility index (Phi) is 6.06. The number of carbonyl (C=O) groups is 1. The van der Waals surface area contributed by atoms with Gasteiger partial charge in [0.05, 0.1) is 13.2 Å². The molecule has 0 atom stereocenters. The fourth-order valence-electron chi connectivity index (χ4n) is 1.79. The summed E-state index contributed by atoms with van der Waals surface area (Å²) in [6.45, 7) is 3.84. The first-order valence-corrected chi connectivity index (χ1v) is 7.17. The van der Waals surface area contributed by atoms with Gasteiger partial charge in [-0.3, -0.25) is 0 Å². The number of ether oxygens (including phenoxy) is 3. The van der Waals surface area contributed by atoms with Crippen LogP contribution in [0.3, 0.4) is 0 Å². The molecule has 2 aromatic rings. The van der Waals surface area contributed by atoms with Gasteiger partial charge in [0.15, 0.2) is 11.5 Å². The molecular weight excluding hydrogens is 296 g/mol. The summed E-state index contributed by atoms with van der Waals surface area (Å²) in [5, 5.41) is 10.2. The fraction of sp³-hybridized carbons (Fsp3) is 0.167. The van der Waals surface area contributed by atoms with Crippen LogP contribution in [0.5, 0.6) is 23.0 Å². The lowest BCUT2D eigenvalue weighted by Gasteiger charge is -2.12. The maximum atomic E-state index is 10.9. The van der Waals surface area contributed by atoms with Crippen molar-refractivity contribution in [2.45, 2.75) is 6.42 Å². The van der Waals surface area contributed by atoms with Gasteiger partial charge in [-0.15, -0.1) is 0 Å². The second kappa shape index (κ2) is 8.48. The predicted octanol–water partition coefficient (Wildman–Crippen LogP) is 3.68. The molecule has 5 nitrogen and oxygen atoms in total. The molecule has 0 heterocycles. The Morgan fingerprint density at radius 2 is 1.78 bits per heavy atom. The summed E-state index contributed by atoms with van der Waals surface area (Å²) in [5.41, 5.74) is 0. The van der Waals surface area contributed by atoms with E-state index in [-0.39, 0.29) is 12.4 Å². The SMILES string of the molecule is C=CC(=O)OCCCOc1cccc(Oc2ccccc2)c1O. The molecule has 0 radical (unpaired) electrons. The van der Waals surface area contributed by atoms with Gasteiger partial charge in [0, 0.05) is 12.5 Å². The van der Waals surface area contributed by atoms with Crippen LogP contribution in [-0.2, 0) is 9.53 Å². The number of esters is 1. The van der Waals surface area contributed by atoms with Crippen LogP contribution < -0.4 is 9.47 Å². The van der Waals surface area contributed by atoms with E-state index in [2.05, 4.69) is 6.58 Å². The van der Waals surface area contributed by atoms with E-state index in [1.807, 2.05) is 18.2 Å². The number of aromatic hydroxyl groups is 1. The zero-order chi connectivity index (χ0) is 16.5. The quantitative estimate of drug-likeness (QED) is 0.457. The van der Waals surface area contributed by atoms with Crippen molar-refractivity contribution in [3.8, 4) is 23.0 Å². The molecule has 1 N–H and O–H groups in total. The molecule has 0 saturated carbocycles. The third-order valence-electron chi connectivity index (χ3n) is 2.89. The summed E-state index contributed by atoms with van der Waals surface area (Å²) in [4.78, 5) is 10.9. The number of benzene rings is 2. The second-order valence-corrected chi connectivity index (χ2v) is 4.59. The summed E-state index contributed by atoms with van der Waals surface area (Å²) in [5.74, 6) is 0.710. The van der Waals surface area contributed by atoms with Crippen LogP contribution in [0.4, 0.5) is 0 Å². The molecule has 0 aliphatic carbocycles. The number of phenolic OH excluding ortho intramolecular Hbond substituents is 1. The highest BCUT2D eigenvalue weighted by molar-refractivity contribution is 5.81. The highest BCUT2D eigenvalue weighted by Crippen LogP contribution is 2.38. The number of hydrogen-bond acceptors (Lipinski definition) is 5. The Balaban J connectivity index is 1.89. The molecule has 2 aromatic carbocycles. The van der Waals surface area contributed by atoms with Crippen LogP contribution in [0, 0.1) is 0 Å². The minimum atomic E-state index is -0.467. The molecule has 0 saturated heterocycles. The monoisotopic (exact) mass is 314 g/mol. The van der Waals surface area contributed by atoms with Crippen LogP contribution in [-0.4, -0.2) is 24.3 Å². The van der Waals surface area contributed by atoms with Gasteiger partial charge in [0.2, 0.25) is 5.75 Å². The van der Waals surface area contributed by atoms with Gasteiger partial charge in [-0.05, 0) is 24.3 Å². The summed E-state index contributed by atoms with van der Waals surface area (Å²) in [6.07, 6.45) is 1.61. The van der Waals surface area contributed by atoms with Gasteiger partial charge < -0.3 is 19.3 Å². The number of para-hydroxylation sites is 2. The van der Waals surface area contributed by atoms with E-state index in [4.69, 9.17) is 14.2 Å². The zero-order valence-corrected chi connectivity index (χ0v) is 12.6. The summed E-state index contributed by atoms with van der Waals surface area (Å²) in [6, 6.07) is 14.2. The molecule has 120 valence electrons. The van der Waals surface area contributed by atoms with E-state index in [0.29, 0.717) is 30.3 Å². The first-order chi connectivity index (χ1) is 11.2. The zero-order valence-electron chi connectivity index (χ0n) is 12.6. The van der Waals surface area contributed by atoms with Gasteiger partial charge in [-0.1, -0.05) is 30.8 Å². The Morgan fingerprint density at radius 1 is 1.04 bits per heavy atom. The molecule has 0 bridgehead atoms. The first kappa shape index (κ1) is 16.4. The normalized spacial score (nSPS) is 9.91. The molecule has 0 aliphatic rings. The second-order valence-electron chi connectivity index (χ2n) is 4.59. The molecular formula is C18H18O5. The van der Waals surface area contributed by atoms with Crippen LogP contribution >= 0.6 is 0 Å². The molecule has 0 aromatic heterocycles. The van der Waals surface area contributed by atoms with E-state index in [0.717, 1.165) is 6.08 Å². The minimum absolute atomic E-state index is 0.0700. The van der Waals surface area contributed by atoms with Gasteiger partial charge in [-0.25, -0.2) is 4.79 Å². The Morgan fingerprint density at radius 3 is 2.52 bits per heavy atom. The lowest BCUT2D eigenvalue weighted by atomic mass is 10.3. The molecule has 0 unspecified atom stereocenters. The Hall–Kier alpha value is -2.95. The molecule has 5 heteroatoms. The third-order valence-corrected chi connectivity index (χ3v) is 2.89. The van der Waals surface area contributed by atoms with Crippen molar-refractivity contribution in [1.29, 1.82) is 0 Å². The molecule has 0 fully saturated rings. The molecule has 0 aliphatic heterocycles. The summed E-state index contributed by atoms with van der Waals surface area (Å²) >= 11 is 0. The van der Waals surface area contributed by atoms with Crippen LogP contribution in [0.15, 0.2) is 61.2 Å². The molecule has 0 spiro atoms. The van der Waals surface area contributed by atoms with Crippen molar-refractivity contribution in [3.05, 3.63) is 61.2 Å². The van der Waals surface area contributed by atoms with Crippen molar-refractivity contribution in [2.24, 2.45) is 0 Å². The van der Waals surface area contributed by atoms with Crippen molar-refractivity contribution in [2.75, 3.05) is 13.2 Å². The lowest BCUT2D eigenvalue weighted by molar-refractivity contribution is -0.137. The van der Waals surface area contributed by atoms with Crippen molar-refractivity contribution in [3.63, 3.8) is 0 Å². The van der Waals surface area contributed by atoms with E-state index >= 15 is 0 Å². The van der Waals surface area contributed by atoms with Crippen molar-refractivity contribution in [1.82, 2.24) is 0 Å². The molecule has 23 heavy (non-hydrogen) atoms. The number of carbonyl (C=O) groups excluding carboxylic acids is 1. The lowest BCUT2D eigenvalue weighted by Crippen LogP contribution is -2.06. The van der Waals surface area contributed by atoms with E-state index in [1.165, 1.54) is 0 Å². The highest BCUT2D eigenvalue weighted by atomic mass is 16.5. The predicted molar refractivity (Wildman–Crippen MR) is 85.9 cm³/mol. The van der Waals surface area contributed by atoms with Gasteiger partial charge in [-0.2, -0.15) is 0 Å². The highest BCUT2D eigenvalue weighted by Gasteiger charge is 2.10. The Bertz CT molecular complexity index is 652. The van der Waals surface area contributed by atoms with Gasteiger partial charge >= 0.3 is 5.97 Å². The van der Waals surface area contributed by atoms with E-state index < -0.39 is 5.97 Å². The number of phenols is 1. The van der Waals surface area contributed by atoms with Gasteiger partial charge in [0.25, 0.3) is 0 Å².